The van der Waals surface area contributed by atoms with Crippen LogP contribution in [0.3, 0.4) is 0 Å². The Kier molecular flexibility index (Phi) is 3.96. The van der Waals surface area contributed by atoms with Gasteiger partial charge in [0.25, 0.3) is 0 Å². The van der Waals surface area contributed by atoms with Gasteiger partial charge in [-0.1, -0.05) is 18.2 Å². The van der Waals surface area contributed by atoms with Gasteiger partial charge in [-0.25, -0.2) is 9.37 Å². The third-order valence-corrected chi connectivity index (χ3v) is 3.87. The van der Waals surface area contributed by atoms with E-state index in [1.54, 1.807) is 23.5 Å². The molecule has 2 aromatic heterocycles. The molecule has 0 aliphatic carbocycles. The molecule has 0 amide bonds. The highest BCUT2D eigenvalue weighted by Gasteiger charge is 2.09. The predicted molar refractivity (Wildman–Crippen MR) is 85.3 cm³/mol. The number of aromatic nitrogens is 2. The predicted octanol–water partition coefficient (Wildman–Crippen LogP) is 3.87. The summed E-state index contributed by atoms with van der Waals surface area (Å²) in [6.45, 7) is 3.14. The van der Waals surface area contributed by atoms with Gasteiger partial charge in [0.2, 0.25) is 5.95 Å². The first-order valence-electron chi connectivity index (χ1n) is 6.74. The Morgan fingerprint density at radius 3 is 2.81 bits per heavy atom. The summed E-state index contributed by atoms with van der Waals surface area (Å²) in [4.78, 5) is 9.81. The molecule has 6 heteroatoms. The van der Waals surface area contributed by atoms with E-state index in [4.69, 9.17) is 0 Å². The van der Waals surface area contributed by atoms with Crippen LogP contribution in [0.5, 0.6) is 0 Å². The number of benzene rings is 1. The number of fused-ring (bicyclic) bond motifs is 1. The summed E-state index contributed by atoms with van der Waals surface area (Å²) in [5, 5.41) is 9.25. The average Bonchev–Trinajstić information content (AvgIpc) is 2.95. The van der Waals surface area contributed by atoms with E-state index in [-0.39, 0.29) is 5.82 Å². The van der Waals surface area contributed by atoms with Gasteiger partial charge in [-0.15, -0.1) is 11.3 Å². The van der Waals surface area contributed by atoms with Crippen LogP contribution in [0.2, 0.25) is 0 Å². The number of hydrogen-bond acceptors (Lipinski definition) is 5. The molecule has 0 radical (unpaired) electrons. The van der Waals surface area contributed by atoms with Crippen LogP contribution in [0.15, 0.2) is 35.7 Å². The van der Waals surface area contributed by atoms with Gasteiger partial charge in [0.15, 0.2) is 0 Å². The van der Waals surface area contributed by atoms with Crippen molar-refractivity contribution in [3.8, 4) is 0 Å². The van der Waals surface area contributed by atoms with E-state index in [0.717, 1.165) is 22.6 Å². The van der Waals surface area contributed by atoms with Crippen LogP contribution in [-0.4, -0.2) is 16.5 Å². The molecule has 4 nitrogen and oxygen atoms in total. The Bertz CT molecular complexity index is 756. The van der Waals surface area contributed by atoms with Gasteiger partial charge < -0.3 is 10.6 Å². The summed E-state index contributed by atoms with van der Waals surface area (Å²) in [5.74, 6) is 1.09. The lowest BCUT2D eigenvalue weighted by Gasteiger charge is -2.10. The first-order valence-corrected chi connectivity index (χ1v) is 7.62. The number of anilines is 2. The fourth-order valence-corrected chi connectivity index (χ4v) is 2.81. The standard InChI is InChI=1S/C15H15FN4S/c1-2-17-15-19-13(11-7-8-21-14(11)20-15)18-9-10-5-3-4-6-12(10)16/h3-8H,2,9H2,1H3,(H2,17,18,19,20). The van der Waals surface area contributed by atoms with Crippen molar-refractivity contribution in [3.63, 3.8) is 0 Å². The van der Waals surface area contributed by atoms with E-state index in [2.05, 4.69) is 20.6 Å². The van der Waals surface area contributed by atoms with Crippen LogP contribution < -0.4 is 10.6 Å². The van der Waals surface area contributed by atoms with Crippen molar-refractivity contribution in [1.29, 1.82) is 0 Å². The van der Waals surface area contributed by atoms with E-state index < -0.39 is 0 Å². The number of nitrogens with zero attached hydrogens (tertiary/aromatic N) is 2. The molecule has 2 heterocycles. The lowest BCUT2D eigenvalue weighted by Crippen LogP contribution is -2.07. The molecule has 3 aromatic rings. The van der Waals surface area contributed by atoms with E-state index in [9.17, 15) is 4.39 Å². The molecule has 0 unspecified atom stereocenters. The zero-order valence-electron chi connectivity index (χ0n) is 11.6. The molecule has 0 aliphatic heterocycles. The minimum absolute atomic E-state index is 0.215. The molecule has 21 heavy (non-hydrogen) atoms. The molecule has 0 atom stereocenters. The van der Waals surface area contributed by atoms with Gasteiger partial charge in [0, 0.05) is 18.7 Å². The van der Waals surface area contributed by atoms with Crippen molar-refractivity contribution in [2.75, 3.05) is 17.2 Å². The lowest BCUT2D eigenvalue weighted by molar-refractivity contribution is 0.613. The molecule has 1 aromatic carbocycles. The third kappa shape index (κ3) is 2.95. The first-order chi connectivity index (χ1) is 10.3. The Labute approximate surface area is 126 Å². The highest BCUT2D eigenvalue weighted by molar-refractivity contribution is 7.16. The smallest absolute Gasteiger partial charge is 0.226 e. The minimum atomic E-state index is -0.215. The van der Waals surface area contributed by atoms with Crippen LogP contribution in [0, 0.1) is 5.82 Å². The fourth-order valence-electron chi connectivity index (χ4n) is 2.05. The SMILES string of the molecule is CCNc1nc(NCc2ccccc2F)c2ccsc2n1. The van der Waals surface area contributed by atoms with E-state index in [1.807, 2.05) is 24.4 Å². The maximum Gasteiger partial charge on any atom is 0.226 e. The topological polar surface area (TPSA) is 49.8 Å². The molecule has 3 rings (SSSR count). The van der Waals surface area contributed by atoms with Crippen LogP contribution in [0.1, 0.15) is 12.5 Å². The molecule has 0 saturated heterocycles. The molecular formula is C15H15FN4S. The first kappa shape index (κ1) is 13.8. The molecule has 0 aliphatic rings. The van der Waals surface area contributed by atoms with Gasteiger partial charge in [0.1, 0.15) is 16.5 Å². The molecule has 2 N–H and O–H groups in total. The van der Waals surface area contributed by atoms with Crippen molar-refractivity contribution in [1.82, 2.24) is 9.97 Å². The molecule has 0 saturated carbocycles. The largest absolute Gasteiger partial charge is 0.365 e. The maximum absolute atomic E-state index is 13.7. The lowest BCUT2D eigenvalue weighted by atomic mass is 10.2. The molecule has 0 spiro atoms. The summed E-state index contributed by atoms with van der Waals surface area (Å²) in [6.07, 6.45) is 0. The second-order valence-corrected chi connectivity index (χ2v) is 5.41. The van der Waals surface area contributed by atoms with Crippen LogP contribution >= 0.6 is 11.3 Å². The Morgan fingerprint density at radius 1 is 1.14 bits per heavy atom. The maximum atomic E-state index is 13.7. The van der Waals surface area contributed by atoms with Crippen molar-refractivity contribution >= 4 is 33.3 Å². The Balaban J connectivity index is 1.89. The molecule has 108 valence electrons. The zero-order chi connectivity index (χ0) is 14.7. The van der Waals surface area contributed by atoms with Gasteiger partial charge in [-0.05, 0) is 24.4 Å². The highest BCUT2D eigenvalue weighted by Crippen LogP contribution is 2.26. The average molecular weight is 302 g/mol. The number of nitrogens with one attached hydrogen (secondary N) is 2. The minimum Gasteiger partial charge on any atom is -0.365 e. The van der Waals surface area contributed by atoms with Crippen LogP contribution in [-0.2, 0) is 6.54 Å². The van der Waals surface area contributed by atoms with Gasteiger partial charge in [0.05, 0.1) is 5.39 Å². The van der Waals surface area contributed by atoms with E-state index in [1.165, 1.54) is 6.07 Å². The van der Waals surface area contributed by atoms with Crippen LogP contribution in [0.4, 0.5) is 16.2 Å². The van der Waals surface area contributed by atoms with Crippen molar-refractivity contribution in [2.45, 2.75) is 13.5 Å². The summed E-state index contributed by atoms with van der Waals surface area (Å²) in [5.41, 5.74) is 0.615. The van der Waals surface area contributed by atoms with Gasteiger partial charge in [-0.3, -0.25) is 0 Å². The number of halogens is 1. The number of thiophene rings is 1. The highest BCUT2D eigenvalue weighted by atomic mass is 32.1. The quantitative estimate of drug-likeness (QED) is 0.751. The summed E-state index contributed by atoms with van der Waals surface area (Å²) in [7, 11) is 0. The van der Waals surface area contributed by atoms with E-state index in [0.29, 0.717) is 18.1 Å². The molecule has 0 fully saturated rings. The normalized spacial score (nSPS) is 10.8. The zero-order valence-corrected chi connectivity index (χ0v) is 12.4. The third-order valence-electron chi connectivity index (χ3n) is 3.06. The Hall–Kier alpha value is -2.21. The van der Waals surface area contributed by atoms with E-state index >= 15 is 0 Å². The van der Waals surface area contributed by atoms with Gasteiger partial charge >= 0.3 is 0 Å². The second-order valence-electron chi connectivity index (χ2n) is 4.51. The number of hydrogen-bond donors (Lipinski definition) is 2. The summed E-state index contributed by atoms with van der Waals surface area (Å²) < 4.78 is 13.7. The molecular weight excluding hydrogens is 287 g/mol. The summed E-state index contributed by atoms with van der Waals surface area (Å²) in [6, 6.07) is 8.70. The molecule has 0 bridgehead atoms. The van der Waals surface area contributed by atoms with Crippen LogP contribution in [0.25, 0.3) is 10.2 Å². The van der Waals surface area contributed by atoms with Crippen molar-refractivity contribution in [2.24, 2.45) is 0 Å². The van der Waals surface area contributed by atoms with Crippen molar-refractivity contribution < 1.29 is 4.39 Å². The second kappa shape index (κ2) is 6.05. The van der Waals surface area contributed by atoms with Gasteiger partial charge in [-0.2, -0.15) is 4.98 Å². The number of rotatable bonds is 5. The van der Waals surface area contributed by atoms with Crippen molar-refractivity contribution in [3.05, 3.63) is 47.1 Å². The monoisotopic (exact) mass is 302 g/mol. The Morgan fingerprint density at radius 2 is 2.00 bits per heavy atom. The summed E-state index contributed by atoms with van der Waals surface area (Å²) >= 11 is 1.56. The fraction of sp³-hybridized carbons (Fsp3) is 0.200.